The van der Waals surface area contributed by atoms with E-state index in [4.69, 9.17) is 0 Å². The molecule has 2 N–H and O–H groups in total. The van der Waals surface area contributed by atoms with E-state index in [1.807, 2.05) is 40.3 Å². The van der Waals surface area contributed by atoms with Crippen LogP contribution in [-0.4, -0.2) is 76.0 Å². The van der Waals surface area contributed by atoms with Crippen molar-refractivity contribution in [2.45, 2.75) is 53.9 Å². The SMILES string of the molecule is CN(C)CC(C)(C)CNC(=O)c1cc(C(=O)NCC(C)(C)CN(C)C)cc(C(C)(C)C)c1. The summed E-state index contributed by atoms with van der Waals surface area (Å²) in [6, 6.07) is 5.51. The van der Waals surface area contributed by atoms with Crippen molar-refractivity contribution in [2.24, 2.45) is 10.8 Å². The van der Waals surface area contributed by atoms with Gasteiger partial charge in [-0.25, -0.2) is 0 Å². The second-order valence-corrected chi connectivity index (χ2v) is 12.2. The quantitative estimate of drug-likeness (QED) is 0.576. The zero-order valence-electron chi connectivity index (χ0n) is 22.3. The third-order valence-electron chi connectivity index (χ3n) is 5.27. The number of nitrogens with one attached hydrogen (secondary N) is 2. The van der Waals surface area contributed by atoms with Gasteiger partial charge in [0.15, 0.2) is 0 Å². The molecular formula is C26H46N4O2. The lowest BCUT2D eigenvalue weighted by Crippen LogP contribution is -2.40. The maximum Gasteiger partial charge on any atom is 0.251 e. The lowest BCUT2D eigenvalue weighted by Gasteiger charge is -2.29. The van der Waals surface area contributed by atoms with Crippen molar-refractivity contribution in [2.75, 3.05) is 54.4 Å². The molecule has 0 spiro atoms. The summed E-state index contributed by atoms with van der Waals surface area (Å²) in [6.07, 6.45) is 0. The number of hydrogen-bond donors (Lipinski definition) is 2. The average Bonchev–Trinajstić information content (AvgIpc) is 2.61. The van der Waals surface area contributed by atoms with Gasteiger partial charge >= 0.3 is 0 Å². The third kappa shape index (κ3) is 9.70. The lowest BCUT2D eigenvalue weighted by molar-refractivity contribution is 0.0928. The average molecular weight is 447 g/mol. The molecule has 0 radical (unpaired) electrons. The van der Waals surface area contributed by atoms with E-state index in [9.17, 15) is 9.59 Å². The third-order valence-corrected chi connectivity index (χ3v) is 5.27. The normalized spacial score (nSPS) is 12.9. The van der Waals surface area contributed by atoms with Gasteiger partial charge in [-0.2, -0.15) is 0 Å². The Kier molecular flexibility index (Phi) is 9.49. The summed E-state index contributed by atoms with van der Waals surface area (Å²) < 4.78 is 0. The molecule has 182 valence electrons. The van der Waals surface area contributed by atoms with Crippen LogP contribution in [0.15, 0.2) is 18.2 Å². The Morgan fingerprint density at radius 2 is 1.03 bits per heavy atom. The summed E-state index contributed by atoms with van der Waals surface area (Å²) in [7, 11) is 8.12. The highest BCUT2D eigenvalue weighted by Gasteiger charge is 2.24. The van der Waals surface area contributed by atoms with E-state index < -0.39 is 0 Å². The van der Waals surface area contributed by atoms with E-state index in [2.05, 4.69) is 68.9 Å². The minimum atomic E-state index is -0.181. The second-order valence-electron chi connectivity index (χ2n) is 12.2. The van der Waals surface area contributed by atoms with Gasteiger partial charge in [0.1, 0.15) is 0 Å². The van der Waals surface area contributed by atoms with Gasteiger partial charge in [0.2, 0.25) is 0 Å². The van der Waals surface area contributed by atoms with Crippen molar-refractivity contribution in [1.82, 2.24) is 20.4 Å². The zero-order valence-corrected chi connectivity index (χ0v) is 22.3. The van der Waals surface area contributed by atoms with E-state index in [0.29, 0.717) is 24.2 Å². The fourth-order valence-electron chi connectivity index (χ4n) is 3.99. The summed E-state index contributed by atoms with van der Waals surface area (Å²) in [5.74, 6) is -0.296. The van der Waals surface area contributed by atoms with Crippen molar-refractivity contribution in [3.63, 3.8) is 0 Å². The van der Waals surface area contributed by atoms with Crippen molar-refractivity contribution in [3.8, 4) is 0 Å². The Morgan fingerprint density at radius 3 is 1.31 bits per heavy atom. The Morgan fingerprint density at radius 1 is 0.688 bits per heavy atom. The first-order valence-corrected chi connectivity index (χ1v) is 11.4. The smallest absolute Gasteiger partial charge is 0.251 e. The number of benzene rings is 1. The van der Waals surface area contributed by atoms with Crippen molar-refractivity contribution in [1.29, 1.82) is 0 Å². The van der Waals surface area contributed by atoms with Gasteiger partial charge in [-0.1, -0.05) is 48.5 Å². The molecule has 0 atom stereocenters. The molecule has 0 saturated heterocycles. The summed E-state index contributed by atoms with van der Waals surface area (Å²) in [5.41, 5.74) is 1.72. The van der Waals surface area contributed by atoms with Crippen LogP contribution >= 0.6 is 0 Å². The number of nitrogens with zero attached hydrogens (tertiary/aromatic N) is 2. The number of carbonyl (C=O) groups excluding carboxylic acids is 2. The van der Waals surface area contributed by atoms with Gasteiger partial charge in [0.05, 0.1) is 0 Å². The molecule has 32 heavy (non-hydrogen) atoms. The van der Waals surface area contributed by atoms with Crippen LogP contribution in [0.25, 0.3) is 0 Å². The van der Waals surface area contributed by atoms with Gasteiger partial charge in [0, 0.05) is 37.3 Å². The maximum atomic E-state index is 13.0. The molecule has 0 heterocycles. The molecule has 6 heteroatoms. The van der Waals surface area contributed by atoms with Crippen LogP contribution in [0, 0.1) is 10.8 Å². The largest absolute Gasteiger partial charge is 0.351 e. The van der Waals surface area contributed by atoms with Crippen molar-refractivity contribution < 1.29 is 9.59 Å². The number of hydrogen-bond acceptors (Lipinski definition) is 4. The number of carbonyl (C=O) groups is 2. The van der Waals surface area contributed by atoms with Crippen molar-refractivity contribution >= 4 is 11.8 Å². The first kappa shape index (κ1) is 28.1. The molecule has 1 aromatic rings. The monoisotopic (exact) mass is 446 g/mol. The Bertz CT molecular complexity index is 733. The molecule has 0 fully saturated rings. The predicted molar refractivity (Wildman–Crippen MR) is 134 cm³/mol. The Balaban J connectivity index is 3.08. The molecule has 1 aromatic carbocycles. The van der Waals surface area contributed by atoms with Crippen LogP contribution < -0.4 is 10.6 Å². The minimum Gasteiger partial charge on any atom is -0.351 e. The topological polar surface area (TPSA) is 64.7 Å². The van der Waals surface area contributed by atoms with E-state index in [0.717, 1.165) is 18.7 Å². The molecular weight excluding hydrogens is 400 g/mol. The fraction of sp³-hybridized carbons (Fsp3) is 0.692. The highest BCUT2D eigenvalue weighted by molar-refractivity contribution is 6.00. The Labute approximate surface area is 196 Å². The molecule has 0 aliphatic heterocycles. The lowest BCUT2D eigenvalue weighted by atomic mass is 9.84. The zero-order chi connectivity index (χ0) is 24.9. The molecule has 0 aliphatic rings. The highest BCUT2D eigenvalue weighted by Crippen LogP contribution is 2.25. The molecule has 2 amide bonds. The summed E-state index contributed by atoms with van der Waals surface area (Å²) in [6.45, 7) is 17.6. The van der Waals surface area contributed by atoms with Gasteiger partial charge in [0.25, 0.3) is 11.8 Å². The maximum absolute atomic E-state index is 13.0. The summed E-state index contributed by atoms with van der Waals surface area (Å²) in [5, 5.41) is 6.13. The summed E-state index contributed by atoms with van der Waals surface area (Å²) in [4.78, 5) is 30.3. The standard InChI is InChI=1S/C26H46N4O2/c1-24(2,3)21-13-19(22(31)27-15-25(4,5)17-29(8)9)12-20(14-21)23(32)28-16-26(6,7)18-30(10)11/h12-14H,15-18H2,1-11H3,(H,27,31)(H,28,32). The van der Waals surface area contributed by atoms with E-state index in [-0.39, 0.29) is 28.1 Å². The van der Waals surface area contributed by atoms with Crippen LogP contribution in [0.3, 0.4) is 0 Å². The van der Waals surface area contributed by atoms with Gasteiger partial charge in [-0.3, -0.25) is 9.59 Å². The molecule has 0 aliphatic carbocycles. The van der Waals surface area contributed by atoms with Crippen LogP contribution in [0.4, 0.5) is 0 Å². The molecule has 0 unspecified atom stereocenters. The van der Waals surface area contributed by atoms with Crippen LogP contribution in [-0.2, 0) is 5.41 Å². The second kappa shape index (κ2) is 10.8. The van der Waals surface area contributed by atoms with Crippen LogP contribution in [0.5, 0.6) is 0 Å². The van der Waals surface area contributed by atoms with Crippen LogP contribution in [0.1, 0.15) is 74.7 Å². The molecule has 0 bridgehead atoms. The molecule has 0 saturated carbocycles. The molecule has 0 aromatic heterocycles. The van der Waals surface area contributed by atoms with Gasteiger partial charge < -0.3 is 20.4 Å². The predicted octanol–water partition coefficient (Wildman–Crippen LogP) is 3.62. The first-order chi connectivity index (χ1) is 14.4. The van der Waals surface area contributed by atoms with Crippen molar-refractivity contribution in [3.05, 3.63) is 34.9 Å². The van der Waals surface area contributed by atoms with Gasteiger partial charge in [-0.05, 0) is 68.2 Å². The van der Waals surface area contributed by atoms with E-state index in [1.54, 1.807) is 6.07 Å². The van der Waals surface area contributed by atoms with Crippen LogP contribution in [0.2, 0.25) is 0 Å². The highest BCUT2D eigenvalue weighted by atomic mass is 16.2. The fourth-order valence-corrected chi connectivity index (χ4v) is 3.99. The molecule has 1 rings (SSSR count). The number of rotatable bonds is 10. The minimum absolute atomic E-state index is 0.0565. The van der Waals surface area contributed by atoms with E-state index >= 15 is 0 Å². The summed E-state index contributed by atoms with van der Waals surface area (Å²) >= 11 is 0. The number of amides is 2. The Hall–Kier alpha value is -1.92. The first-order valence-electron chi connectivity index (χ1n) is 11.4. The molecule has 6 nitrogen and oxygen atoms in total. The van der Waals surface area contributed by atoms with E-state index in [1.165, 1.54) is 0 Å². The van der Waals surface area contributed by atoms with Gasteiger partial charge in [-0.15, -0.1) is 0 Å².